The molecule has 0 amide bonds. The Morgan fingerprint density at radius 3 is 3.00 bits per heavy atom. The van der Waals surface area contributed by atoms with Gasteiger partial charge in [0.2, 0.25) is 0 Å². The number of hydrogen-bond donors (Lipinski definition) is 1. The number of thiophene rings is 1. The molecule has 2 heterocycles. The number of nitrogens with zero attached hydrogens (tertiary/aromatic N) is 2. The highest BCUT2D eigenvalue weighted by molar-refractivity contribution is 7.10. The van der Waals surface area contributed by atoms with Crippen LogP contribution in [0.3, 0.4) is 0 Å². The maximum Gasteiger partial charge on any atom is 0.146 e. The molecule has 2 aromatic heterocycles. The van der Waals surface area contributed by atoms with Crippen LogP contribution in [-0.4, -0.2) is 14.7 Å². The molecule has 15 heavy (non-hydrogen) atoms. The normalized spacial score (nSPS) is 13.0. The SMILES string of the molecule is CCc1ccsc1C(O)c1nccn1C. The molecule has 0 radical (unpaired) electrons. The number of aryl methyl sites for hydroxylation is 2. The van der Waals surface area contributed by atoms with Gasteiger partial charge < -0.3 is 9.67 Å². The van der Waals surface area contributed by atoms with Gasteiger partial charge >= 0.3 is 0 Å². The average molecular weight is 222 g/mol. The predicted octanol–water partition coefficient (Wildman–Crippen LogP) is 2.13. The van der Waals surface area contributed by atoms with Crippen molar-refractivity contribution in [3.8, 4) is 0 Å². The van der Waals surface area contributed by atoms with Gasteiger partial charge in [-0.1, -0.05) is 6.92 Å². The largest absolute Gasteiger partial charge is 0.380 e. The standard InChI is InChI=1S/C11H14N2OS/c1-3-8-4-7-15-10(8)9(14)11-12-5-6-13(11)2/h4-7,9,14H,3H2,1-2H3. The molecule has 4 heteroatoms. The lowest BCUT2D eigenvalue weighted by Crippen LogP contribution is -2.06. The summed E-state index contributed by atoms with van der Waals surface area (Å²) >= 11 is 1.59. The molecule has 1 unspecified atom stereocenters. The van der Waals surface area contributed by atoms with Gasteiger partial charge in [0.1, 0.15) is 11.9 Å². The van der Waals surface area contributed by atoms with Crippen LogP contribution >= 0.6 is 11.3 Å². The van der Waals surface area contributed by atoms with Crippen LogP contribution in [0.1, 0.15) is 29.3 Å². The van der Waals surface area contributed by atoms with E-state index in [2.05, 4.69) is 18.0 Å². The van der Waals surface area contributed by atoms with Gasteiger partial charge in [0.15, 0.2) is 0 Å². The van der Waals surface area contributed by atoms with Gasteiger partial charge in [0.25, 0.3) is 0 Å². The minimum Gasteiger partial charge on any atom is -0.380 e. The van der Waals surface area contributed by atoms with E-state index in [4.69, 9.17) is 0 Å². The molecule has 80 valence electrons. The van der Waals surface area contributed by atoms with Crippen molar-refractivity contribution in [2.24, 2.45) is 7.05 Å². The molecule has 0 aliphatic rings. The Bertz CT molecular complexity index is 447. The minimum atomic E-state index is -0.597. The summed E-state index contributed by atoms with van der Waals surface area (Å²) in [6.07, 6.45) is 3.90. The van der Waals surface area contributed by atoms with Crippen LogP contribution in [0.4, 0.5) is 0 Å². The van der Waals surface area contributed by atoms with Crippen molar-refractivity contribution < 1.29 is 5.11 Å². The third kappa shape index (κ3) is 1.82. The number of imidazole rings is 1. The summed E-state index contributed by atoms with van der Waals surface area (Å²) in [5.74, 6) is 0.701. The number of aliphatic hydroxyl groups is 1. The summed E-state index contributed by atoms with van der Waals surface area (Å²) < 4.78 is 1.85. The maximum absolute atomic E-state index is 10.2. The van der Waals surface area contributed by atoms with Gasteiger partial charge in [0.05, 0.1) is 0 Å². The van der Waals surface area contributed by atoms with Crippen LogP contribution in [0, 0.1) is 0 Å². The van der Waals surface area contributed by atoms with Gasteiger partial charge in [-0.2, -0.15) is 0 Å². The molecular weight excluding hydrogens is 208 g/mol. The zero-order valence-corrected chi connectivity index (χ0v) is 9.66. The second-order valence-electron chi connectivity index (χ2n) is 3.46. The van der Waals surface area contributed by atoms with Gasteiger partial charge in [-0.3, -0.25) is 0 Å². The fourth-order valence-electron chi connectivity index (χ4n) is 1.64. The zero-order valence-electron chi connectivity index (χ0n) is 8.84. The molecule has 3 nitrogen and oxygen atoms in total. The molecule has 0 fully saturated rings. The summed E-state index contributed by atoms with van der Waals surface area (Å²) in [5.41, 5.74) is 1.20. The minimum absolute atomic E-state index is 0.597. The first-order chi connectivity index (χ1) is 7.24. The highest BCUT2D eigenvalue weighted by Gasteiger charge is 2.18. The van der Waals surface area contributed by atoms with Crippen molar-refractivity contribution in [3.63, 3.8) is 0 Å². The molecule has 0 saturated heterocycles. The number of hydrogen-bond acceptors (Lipinski definition) is 3. The van der Waals surface area contributed by atoms with Gasteiger partial charge in [-0.25, -0.2) is 4.98 Å². The van der Waals surface area contributed by atoms with E-state index in [1.807, 2.05) is 23.2 Å². The quantitative estimate of drug-likeness (QED) is 0.864. The van der Waals surface area contributed by atoms with E-state index in [1.54, 1.807) is 17.5 Å². The Balaban J connectivity index is 2.36. The highest BCUT2D eigenvalue weighted by Crippen LogP contribution is 2.28. The van der Waals surface area contributed by atoms with E-state index in [9.17, 15) is 5.11 Å². The molecule has 0 saturated carbocycles. The van der Waals surface area contributed by atoms with Crippen LogP contribution < -0.4 is 0 Å². The fraction of sp³-hybridized carbons (Fsp3) is 0.364. The molecule has 0 bridgehead atoms. The van der Waals surface area contributed by atoms with Crippen molar-refractivity contribution in [2.75, 3.05) is 0 Å². The van der Waals surface area contributed by atoms with Crippen molar-refractivity contribution >= 4 is 11.3 Å². The summed E-state index contributed by atoms with van der Waals surface area (Å²) in [6.45, 7) is 2.09. The summed E-state index contributed by atoms with van der Waals surface area (Å²) in [4.78, 5) is 5.17. The van der Waals surface area contributed by atoms with E-state index in [1.165, 1.54) is 5.56 Å². The third-order valence-electron chi connectivity index (χ3n) is 2.51. The molecule has 0 aromatic carbocycles. The van der Waals surface area contributed by atoms with Gasteiger partial charge in [-0.05, 0) is 23.4 Å². The third-order valence-corrected chi connectivity index (χ3v) is 3.52. The first-order valence-corrected chi connectivity index (χ1v) is 5.83. The lowest BCUT2D eigenvalue weighted by Gasteiger charge is -2.10. The smallest absolute Gasteiger partial charge is 0.146 e. The van der Waals surface area contributed by atoms with Crippen molar-refractivity contribution in [1.29, 1.82) is 0 Å². The monoisotopic (exact) mass is 222 g/mol. The number of aliphatic hydroxyl groups excluding tert-OH is 1. The second-order valence-corrected chi connectivity index (χ2v) is 4.41. The molecule has 2 aromatic rings. The Labute approximate surface area is 93.0 Å². The van der Waals surface area contributed by atoms with E-state index in [0.717, 1.165) is 11.3 Å². The summed E-state index contributed by atoms with van der Waals surface area (Å²) in [6, 6.07) is 2.06. The van der Waals surface area contributed by atoms with Crippen LogP contribution in [0.5, 0.6) is 0 Å². The van der Waals surface area contributed by atoms with Crippen LogP contribution in [0.25, 0.3) is 0 Å². The Morgan fingerprint density at radius 2 is 2.40 bits per heavy atom. The van der Waals surface area contributed by atoms with E-state index < -0.39 is 6.10 Å². The van der Waals surface area contributed by atoms with Crippen LogP contribution in [-0.2, 0) is 13.5 Å². The second kappa shape index (κ2) is 4.16. The van der Waals surface area contributed by atoms with E-state index in [-0.39, 0.29) is 0 Å². The molecule has 0 aliphatic carbocycles. The van der Waals surface area contributed by atoms with Gasteiger partial charge in [-0.15, -0.1) is 11.3 Å². The average Bonchev–Trinajstić information content (AvgIpc) is 2.84. The lowest BCUT2D eigenvalue weighted by molar-refractivity contribution is 0.209. The van der Waals surface area contributed by atoms with Crippen molar-refractivity contribution in [2.45, 2.75) is 19.4 Å². The van der Waals surface area contributed by atoms with Crippen molar-refractivity contribution in [3.05, 3.63) is 40.1 Å². The Kier molecular flexibility index (Phi) is 2.88. The van der Waals surface area contributed by atoms with E-state index in [0.29, 0.717) is 5.82 Å². The summed E-state index contributed by atoms with van der Waals surface area (Å²) in [5, 5.41) is 12.2. The first-order valence-electron chi connectivity index (χ1n) is 4.95. The van der Waals surface area contributed by atoms with Crippen LogP contribution in [0.15, 0.2) is 23.8 Å². The van der Waals surface area contributed by atoms with Gasteiger partial charge in [0, 0.05) is 24.3 Å². The zero-order chi connectivity index (χ0) is 10.8. The van der Waals surface area contributed by atoms with E-state index >= 15 is 0 Å². The maximum atomic E-state index is 10.2. The number of rotatable bonds is 3. The lowest BCUT2D eigenvalue weighted by atomic mass is 10.1. The Hall–Kier alpha value is -1.13. The molecule has 0 aliphatic heterocycles. The van der Waals surface area contributed by atoms with Crippen molar-refractivity contribution in [1.82, 2.24) is 9.55 Å². The summed E-state index contributed by atoms with van der Waals surface area (Å²) in [7, 11) is 1.89. The Morgan fingerprint density at radius 1 is 1.60 bits per heavy atom. The fourth-order valence-corrected chi connectivity index (χ4v) is 2.61. The highest BCUT2D eigenvalue weighted by atomic mass is 32.1. The first kappa shape index (κ1) is 10.4. The number of aromatic nitrogens is 2. The molecule has 0 spiro atoms. The predicted molar refractivity (Wildman–Crippen MR) is 61.0 cm³/mol. The molecule has 1 N–H and O–H groups in total. The topological polar surface area (TPSA) is 38.1 Å². The molecule has 2 rings (SSSR count). The molecular formula is C11H14N2OS. The molecule has 1 atom stereocenters. The van der Waals surface area contributed by atoms with Crippen LogP contribution in [0.2, 0.25) is 0 Å².